The maximum atomic E-state index is 12.4. The van der Waals surface area contributed by atoms with Crippen LogP contribution >= 0.6 is 12.2 Å². The summed E-state index contributed by atoms with van der Waals surface area (Å²) in [5.41, 5.74) is 1.29. The number of hydrogen-bond donors (Lipinski definition) is 3. The summed E-state index contributed by atoms with van der Waals surface area (Å²) in [5.74, 6) is 0.331. The van der Waals surface area contributed by atoms with E-state index in [2.05, 4.69) is 22.9 Å². The minimum Gasteiger partial charge on any atom is -0.494 e. The number of benzene rings is 2. The van der Waals surface area contributed by atoms with Gasteiger partial charge in [-0.15, -0.1) is 0 Å². The highest BCUT2D eigenvalue weighted by Gasteiger charge is 2.21. The molecule has 0 fully saturated rings. The zero-order valence-corrected chi connectivity index (χ0v) is 18.7. The fourth-order valence-corrected chi connectivity index (χ4v) is 2.58. The van der Waals surface area contributed by atoms with Crippen LogP contribution in [0.25, 0.3) is 0 Å². The third kappa shape index (κ3) is 7.48. The van der Waals surface area contributed by atoms with E-state index in [1.54, 1.807) is 48.5 Å². The number of ether oxygens (including phenoxy) is 1. The van der Waals surface area contributed by atoms with Crippen molar-refractivity contribution in [2.75, 3.05) is 17.2 Å². The highest BCUT2D eigenvalue weighted by Crippen LogP contribution is 2.20. The van der Waals surface area contributed by atoms with Crippen LogP contribution in [0.4, 0.5) is 11.4 Å². The zero-order chi connectivity index (χ0) is 22.1. The highest BCUT2D eigenvalue weighted by atomic mass is 32.1. The fraction of sp³-hybridized carbons (Fsp3) is 0.348. The van der Waals surface area contributed by atoms with Crippen LogP contribution in [-0.2, 0) is 4.79 Å². The van der Waals surface area contributed by atoms with Crippen LogP contribution in [0.3, 0.4) is 0 Å². The van der Waals surface area contributed by atoms with Crippen molar-refractivity contribution >= 4 is 40.5 Å². The van der Waals surface area contributed by atoms with E-state index in [0.717, 1.165) is 18.6 Å². The van der Waals surface area contributed by atoms with E-state index < -0.39 is 5.41 Å². The maximum Gasteiger partial charge on any atom is 0.257 e. The van der Waals surface area contributed by atoms with Crippen LogP contribution in [-0.4, -0.2) is 23.5 Å². The van der Waals surface area contributed by atoms with Gasteiger partial charge in [-0.25, -0.2) is 0 Å². The van der Waals surface area contributed by atoms with E-state index in [4.69, 9.17) is 17.0 Å². The van der Waals surface area contributed by atoms with Crippen LogP contribution in [0.15, 0.2) is 48.5 Å². The van der Waals surface area contributed by atoms with Gasteiger partial charge in [0.15, 0.2) is 5.11 Å². The Bertz CT molecular complexity index is 889. The normalized spacial score (nSPS) is 10.8. The number of unbranched alkanes of at least 4 members (excludes halogenated alkanes) is 1. The molecule has 0 aliphatic heterocycles. The van der Waals surface area contributed by atoms with Crippen LogP contribution in [0.1, 0.15) is 50.9 Å². The van der Waals surface area contributed by atoms with Crippen molar-refractivity contribution in [2.24, 2.45) is 5.41 Å². The first-order valence-corrected chi connectivity index (χ1v) is 10.4. The van der Waals surface area contributed by atoms with E-state index in [9.17, 15) is 9.59 Å². The molecule has 2 amide bonds. The van der Waals surface area contributed by atoms with E-state index in [0.29, 0.717) is 23.5 Å². The van der Waals surface area contributed by atoms with Crippen molar-refractivity contribution in [3.05, 3.63) is 54.1 Å². The molecule has 0 atom stereocenters. The smallest absolute Gasteiger partial charge is 0.257 e. The first-order chi connectivity index (χ1) is 14.2. The summed E-state index contributed by atoms with van der Waals surface area (Å²) in [5, 5.41) is 8.65. The number of rotatable bonds is 7. The molecule has 2 aromatic carbocycles. The van der Waals surface area contributed by atoms with Crippen molar-refractivity contribution in [3.63, 3.8) is 0 Å². The van der Waals surface area contributed by atoms with Crippen molar-refractivity contribution in [2.45, 2.75) is 40.5 Å². The highest BCUT2D eigenvalue weighted by molar-refractivity contribution is 7.80. The summed E-state index contributed by atoms with van der Waals surface area (Å²) in [6.45, 7) is 8.30. The molecule has 30 heavy (non-hydrogen) atoms. The van der Waals surface area contributed by atoms with Gasteiger partial charge in [0, 0.05) is 22.4 Å². The number of hydrogen-bond acceptors (Lipinski definition) is 4. The van der Waals surface area contributed by atoms with Gasteiger partial charge in [0.25, 0.3) is 5.91 Å². The average molecular weight is 428 g/mol. The first kappa shape index (κ1) is 23.3. The molecular weight excluding hydrogens is 398 g/mol. The third-order valence-electron chi connectivity index (χ3n) is 4.17. The summed E-state index contributed by atoms with van der Waals surface area (Å²) < 4.78 is 5.60. The van der Waals surface area contributed by atoms with Crippen molar-refractivity contribution in [3.8, 4) is 5.75 Å². The molecule has 0 saturated heterocycles. The molecule has 7 heteroatoms. The Hall–Kier alpha value is -2.93. The van der Waals surface area contributed by atoms with Gasteiger partial charge < -0.3 is 15.4 Å². The number of carbonyl (C=O) groups excluding carboxylic acids is 2. The first-order valence-electron chi connectivity index (χ1n) is 9.96. The van der Waals surface area contributed by atoms with E-state index >= 15 is 0 Å². The third-order valence-corrected chi connectivity index (χ3v) is 4.37. The lowest BCUT2D eigenvalue weighted by Crippen LogP contribution is -2.34. The molecule has 0 aliphatic rings. The van der Waals surface area contributed by atoms with Crippen molar-refractivity contribution < 1.29 is 14.3 Å². The van der Waals surface area contributed by atoms with E-state index in [1.165, 1.54) is 0 Å². The lowest BCUT2D eigenvalue weighted by atomic mass is 9.95. The second-order valence-electron chi connectivity index (χ2n) is 7.92. The lowest BCUT2D eigenvalue weighted by molar-refractivity contribution is -0.123. The molecule has 0 radical (unpaired) electrons. The summed E-state index contributed by atoms with van der Waals surface area (Å²) in [7, 11) is 0. The number of anilines is 2. The predicted molar refractivity (Wildman–Crippen MR) is 125 cm³/mol. The Morgan fingerprint density at radius 3 is 2.23 bits per heavy atom. The Balaban J connectivity index is 1.91. The van der Waals surface area contributed by atoms with Gasteiger partial charge in [0.1, 0.15) is 5.75 Å². The molecule has 0 saturated carbocycles. The molecule has 160 valence electrons. The molecular formula is C23H29N3O3S. The molecule has 0 heterocycles. The zero-order valence-electron chi connectivity index (χ0n) is 17.9. The topological polar surface area (TPSA) is 79.5 Å². The average Bonchev–Trinajstić information content (AvgIpc) is 2.68. The number of thiocarbonyl (C=S) groups is 1. The van der Waals surface area contributed by atoms with E-state index in [1.807, 2.05) is 20.8 Å². The molecule has 0 aliphatic carbocycles. The van der Waals surface area contributed by atoms with Crippen molar-refractivity contribution in [1.29, 1.82) is 0 Å². The summed E-state index contributed by atoms with van der Waals surface area (Å²) in [6.07, 6.45) is 2.06. The van der Waals surface area contributed by atoms with Crippen LogP contribution in [0, 0.1) is 5.41 Å². The lowest BCUT2D eigenvalue weighted by Gasteiger charge is -2.18. The fourth-order valence-electron chi connectivity index (χ4n) is 2.37. The monoisotopic (exact) mass is 427 g/mol. The molecule has 0 aromatic heterocycles. The van der Waals surface area contributed by atoms with Crippen LogP contribution in [0.5, 0.6) is 5.75 Å². The molecule has 0 unspecified atom stereocenters. The van der Waals surface area contributed by atoms with E-state index in [-0.39, 0.29) is 16.9 Å². The Labute approximate surface area is 183 Å². The van der Waals surface area contributed by atoms with Crippen LogP contribution in [0.2, 0.25) is 0 Å². The molecule has 6 nitrogen and oxygen atoms in total. The standard InChI is InChI=1S/C23H29N3O3S/c1-5-6-14-29-19-12-10-16(11-13-19)20(27)26-22(30)25-18-9-7-8-17(15-18)24-21(28)23(2,3)4/h7-13,15H,5-6,14H2,1-4H3,(H,24,28)(H2,25,26,27,30). The summed E-state index contributed by atoms with van der Waals surface area (Å²) >= 11 is 5.24. The van der Waals surface area contributed by atoms with Gasteiger partial charge in [-0.05, 0) is 61.1 Å². The minimum absolute atomic E-state index is 0.0855. The quantitative estimate of drug-likeness (QED) is 0.429. The number of nitrogens with one attached hydrogen (secondary N) is 3. The summed E-state index contributed by atoms with van der Waals surface area (Å²) in [6, 6.07) is 14.1. The van der Waals surface area contributed by atoms with Gasteiger partial charge in [-0.1, -0.05) is 40.2 Å². The number of carbonyl (C=O) groups is 2. The SMILES string of the molecule is CCCCOc1ccc(C(=O)NC(=S)Nc2cccc(NC(=O)C(C)(C)C)c2)cc1. The van der Waals surface area contributed by atoms with Gasteiger partial charge >= 0.3 is 0 Å². The second kappa shape index (κ2) is 10.7. The van der Waals surface area contributed by atoms with Crippen molar-refractivity contribution in [1.82, 2.24) is 5.32 Å². The van der Waals surface area contributed by atoms with Gasteiger partial charge in [-0.3, -0.25) is 14.9 Å². The minimum atomic E-state index is -0.497. The summed E-state index contributed by atoms with van der Waals surface area (Å²) in [4.78, 5) is 24.5. The van der Waals surface area contributed by atoms with Crippen LogP contribution < -0.4 is 20.7 Å². The Morgan fingerprint density at radius 2 is 1.63 bits per heavy atom. The predicted octanol–water partition coefficient (Wildman–Crippen LogP) is 4.98. The molecule has 0 bridgehead atoms. The molecule has 2 rings (SSSR count). The van der Waals surface area contributed by atoms with Gasteiger partial charge in [-0.2, -0.15) is 0 Å². The Kier molecular flexibility index (Phi) is 8.35. The van der Waals surface area contributed by atoms with Gasteiger partial charge in [0.2, 0.25) is 5.91 Å². The molecule has 0 spiro atoms. The largest absolute Gasteiger partial charge is 0.494 e. The van der Waals surface area contributed by atoms with Gasteiger partial charge in [0.05, 0.1) is 6.61 Å². The number of amides is 2. The maximum absolute atomic E-state index is 12.4. The molecule has 2 aromatic rings. The Morgan fingerprint density at radius 1 is 1.00 bits per heavy atom. The second-order valence-corrected chi connectivity index (χ2v) is 8.33. The molecule has 3 N–H and O–H groups in total.